The molecule has 14 heavy (non-hydrogen) atoms. The number of rotatable bonds is 3. The lowest BCUT2D eigenvalue weighted by Crippen LogP contribution is -2.20. The molecule has 2 heteroatoms. The molecule has 2 rings (SSSR count). The summed E-state index contributed by atoms with van der Waals surface area (Å²) in [5.41, 5.74) is 9.01. The lowest BCUT2D eigenvalue weighted by atomic mass is 9.85. The Hall–Kier alpha value is -1.18. The molecule has 0 amide bonds. The first-order valence-electron chi connectivity index (χ1n) is 5.35. The number of aryl methyl sites for hydroxylation is 1. The molecule has 0 saturated heterocycles. The molecule has 0 bridgehead atoms. The van der Waals surface area contributed by atoms with Gasteiger partial charge in [0.05, 0.1) is 0 Å². The highest BCUT2D eigenvalue weighted by Crippen LogP contribution is 2.26. The van der Waals surface area contributed by atoms with Crippen molar-refractivity contribution < 1.29 is 0 Å². The molecule has 76 valence electrons. The highest BCUT2D eigenvalue weighted by atomic mass is 14.9. The molecule has 1 aliphatic rings. The van der Waals surface area contributed by atoms with Gasteiger partial charge in [0.25, 0.3) is 0 Å². The van der Waals surface area contributed by atoms with Crippen molar-refractivity contribution in [2.45, 2.75) is 26.2 Å². The van der Waals surface area contributed by atoms with E-state index in [1.807, 2.05) is 12.1 Å². The Morgan fingerprint density at radius 2 is 2.14 bits per heavy atom. The fraction of sp³-hybridized carbons (Fsp3) is 0.500. The molecule has 1 aromatic rings. The van der Waals surface area contributed by atoms with Crippen LogP contribution in [0, 0.1) is 12.8 Å². The normalized spacial score (nSPS) is 16.4. The first-order valence-corrected chi connectivity index (χ1v) is 5.35. The maximum atomic E-state index is 5.77. The number of anilines is 2. The number of nitrogen functional groups attached to an aromatic ring is 1. The van der Waals surface area contributed by atoms with Gasteiger partial charge in [-0.3, -0.25) is 0 Å². The van der Waals surface area contributed by atoms with Gasteiger partial charge >= 0.3 is 0 Å². The predicted molar refractivity (Wildman–Crippen MR) is 61.4 cm³/mol. The summed E-state index contributed by atoms with van der Waals surface area (Å²) in [4.78, 5) is 0. The molecule has 0 radical (unpaired) electrons. The van der Waals surface area contributed by atoms with Crippen molar-refractivity contribution in [2.75, 3.05) is 17.6 Å². The van der Waals surface area contributed by atoms with E-state index in [4.69, 9.17) is 5.73 Å². The van der Waals surface area contributed by atoms with Gasteiger partial charge in [0.1, 0.15) is 0 Å². The van der Waals surface area contributed by atoms with Gasteiger partial charge in [-0.2, -0.15) is 0 Å². The lowest BCUT2D eigenvalue weighted by molar-refractivity contribution is 0.333. The minimum absolute atomic E-state index is 0.848. The summed E-state index contributed by atoms with van der Waals surface area (Å²) < 4.78 is 0. The van der Waals surface area contributed by atoms with Crippen LogP contribution in [0.2, 0.25) is 0 Å². The summed E-state index contributed by atoms with van der Waals surface area (Å²) in [5.74, 6) is 0.886. The molecule has 0 atom stereocenters. The fourth-order valence-corrected chi connectivity index (χ4v) is 1.87. The van der Waals surface area contributed by atoms with Crippen LogP contribution in [-0.2, 0) is 0 Å². The smallest absolute Gasteiger partial charge is 0.0363 e. The summed E-state index contributed by atoms with van der Waals surface area (Å²) >= 11 is 0. The van der Waals surface area contributed by atoms with Crippen LogP contribution >= 0.6 is 0 Å². The number of nitrogens with two attached hydrogens (primary N) is 1. The zero-order valence-corrected chi connectivity index (χ0v) is 8.72. The minimum atomic E-state index is 0.848. The van der Waals surface area contributed by atoms with Crippen molar-refractivity contribution in [1.82, 2.24) is 0 Å². The molecular formula is C12H18N2. The molecule has 1 fully saturated rings. The molecule has 1 saturated carbocycles. The van der Waals surface area contributed by atoms with Crippen LogP contribution in [0.5, 0.6) is 0 Å². The predicted octanol–water partition coefficient (Wildman–Crippen LogP) is 2.79. The topological polar surface area (TPSA) is 38.0 Å². The number of nitrogens with one attached hydrogen (secondary N) is 1. The monoisotopic (exact) mass is 190 g/mol. The summed E-state index contributed by atoms with van der Waals surface area (Å²) in [6.07, 6.45) is 4.17. The van der Waals surface area contributed by atoms with Crippen LogP contribution in [0.1, 0.15) is 24.8 Å². The Morgan fingerprint density at radius 3 is 2.71 bits per heavy atom. The molecule has 0 spiro atoms. The number of hydrogen-bond acceptors (Lipinski definition) is 2. The summed E-state index contributed by atoms with van der Waals surface area (Å²) in [7, 11) is 0. The second kappa shape index (κ2) is 3.91. The van der Waals surface area contributed by atoms with E-state index in [1.165, 1.54) is 24.8 Å². The van der Waals surface area contributed by atoms with E-state index in [0.29, 0.717) is 0 Å². The Labute approximate surface area is 85.5 Å². The molecule has 3 N–H and O–H groups in total. The van der Waals surface area contributed by atoms with Crippen molar-refractivity contribution in [1.29, 1.82) is 0 Å². The van der Waals surface area contributed by atoms with Gasteiger partial charge in [0.2, 0.25) is 0 Å². The van der Waals surface area contributed by atoms with Crippen molar-refractivity contribution in [2.24, 2.45) is 5.92 Å². The maximum absolute atomic E-state index is 5.77. The highest BCUT2D eigenvalue weighted by Gasteiger charge is 2.16. The van der Waals surface area contributed by atoms with Crippen LogP contribution in [-0.4, -0.2) is 6.54 Å². The SMILES string of the molecule is Cc1cc(N)cc(NCC2CCC2)c1. The van der Waals surface area contributed by atoms with E-state index in [1.54, 1.807) is 0 Å². The van der Waals surface area contributed by atoms with Gasteiger partial charge in [0, 0.05) is 17.9 Å². The molecular weight excluding hydrogens is 172 g/mol. The molecule has 0 heterocycles. The molecule has 2 nitrogen and oxygen atoms in total. The molecule has 0 aliphatic heterocycles. The Morgan fingerprint density at radius 1 is 1.36 bits per heavy atom. The van der Waals surface area contributed by atoms with Crippen LogP contribution in [0.15, 0.2) is 18.2 Å². The third kappa shape index (κ3) is 2.19. The lowest BCUT2D eigenvalue weighted by Gasteiger charge is -2.26. The van der Waals surface area contributed by atoms with Gasteiger partial charge in [-0.25, -0.2) is 0 Å². The third-order valence-corrected chi connectivity index (χ3v) is 2.92. The van der Waals surface area contributed by atoms with E-state index in [-0.39, 0.29) is 0 Å². The Balaban J connectivity index is 1.94. The van der Waals surface area contributed by atoms with E-state index in [0.717, 1.165) is 23.8 Å². The van der Waals surface area contributed by atoms with Crippen molar-refractivity contribution in [3.05, 3.63) is 23.8 Å². The molecule has 1 aromatic carbocycles. The summed E-state index contributed by atoms with van der Waals surface area (Å²) in [6.45, 7) is 3.17. The van der Waals surface area contributed by atoms with Gasteiger partial charge in [-0.15, -0.1) is 0 Å². The second-order valence-corrected chi connectivity index (χ2v) is 4.31. The maximum Gasteiger partial charge on any atom is 0.0363 e. The number of benzene rings is 1. The van der Waals surface area contributed by atoms with Crippen LogP contribution in [0.3, 0.4) is 0 Å². The van der Waals surface area contributed by atoms with E-state index >= 15 is 0 Å². The van der Waals surface area contributed by atoms with Crippen LogP contribution in [0.25, 0.3) is 0 Å². The zero-order chi connectivity index (χ0) is 9.97. The fourth-order valence-electron chi connectivity index (χ4n) is 1.87. The third-order valence-electron chi connectivity index (χ3n) is 2.92. The van der Waals surface area contributed by atoms with E-state index in [2.05, 4.69) is 18.3 Å². The standard InChI is InChI=1S/C12H18N2/c1-9-5-11(13)7-12(6-9)14-8-10-3-2-4-10/h5-7,10,14H,2-4,8,13H2,1H3. The van der Waals surface area contributed by atoms with E-state index in [9.17, 15) is 0 Å². The largest absolute Gasteiger partial charge is 0.399 e. The first-order chi connectivity index (χ1) is 6.74. The van der Waals surface area contributed by atoms with Gasteiger partial charge in [0.15, 0.2) is 0 Å². The number of hydrogen-bond donors (Lipinski definition) is 2. The van der Waals surface area contributed by atoms with Crippen LogP contribution in [0.4, 0.5) is 11.4 Å². The summed E-state index contributed by atoms with van der Waals surface area (Å²) in [6, 6.07) is 6.15. The molecule has 0 aromatic heterocycles. The van der Waals surface area contributed by atoms with Crippen molar-refractivity contribution >= 4 is 11.4 Å². The van der Waals surface area contributed by atoms with Crippen LogP contribution < -0.4 is 11.1 Å². The zero-order valence-electron chi connectivity index (χ0n) is 8.72. The summed E-state index contributed by atoms with van der Waals surface area (Å²) in [5, 5.41) is 3.45. The van der Waals surface area contributed by atoms with Crippen molar-refractivity contribution in [3.8, 4) is 0 Å². The second-order valence-electron chi connectivity index (χ2n) is 4.31. The molecule has 0 unspecified atom stereocenters. The highest BCUT2D eigenvalue weighted by molar-refractivity contribution is 5.56. The quantitative estimate of drug-likeness (QED) is 0.719. The van der Waals surface area contributed by atoms with Gasteiger partial charge in [-0.05, 0) is 49.4 Å². The van der Waals surface area contributed by atoms with E-state index < -0.39 is 0 Å². The van der Waals surface area contributed by atoms with Gasteiger partial charge < -0.3 is 11.1 Å². The average Bonchev–Trinajstić information content (AvgIpc) is 1.99. The Bertz CT molecular complexity index is 296. The average molecular weight is 190 g/mol. The van der Waals surface area contributed by atoms with Gasteiger partial charge in [-0.1, -0.05) is 6.42 Å². The Kier molecular flexibility index (Phi) is 2.62. The first kappa shape index (κ1) is 9.38. The molecule has 1 aliphatic carbocycles. The minimum Gasteiger partial charge on any atom is -0.399 e. The van der Waals surface area contributed by atoms with Crippen molar-refractivity contribution in [3.63, 3.8) is 0 Å².